The van der Waals surface area contributed by atoms with E-state index in [0.717, 1.165) is 25.1 Å². The maximum Gasteiger partial charge on any atom is 0.247 e. The standard InChI is InChI=1S/C14H17N3O/c1-2-13-15-16-14(18-13)11-6-5-7-12(10-11)17-8-3-4-9-17/h5-7,10H,2-4,8-9H2,1H3. The Morgan fingerprint density at radius 3 is 2.78 bits per heavy atom. The van der Waals surface area contributed by atoms with Gasteiger partial charge in [0.15, 0.2) is 0 Å². The zero-order chi connectivity index (χ0) is 12.4. The summed E-state index contributed by atoms with van der Waals surface area (Å²) >= 11 is 0. The van der Waals surface area contributed by atoms with Crippen molar-refractivity contribution < 1.29 is 4.42 Å². The number of hydrogen-bond donors (Lipinski definition) is 0. The normalized spacial score (nSPS) is 15.3. The minimum absolute atomic E-state index is 0.618. The van der Waals surface area contributed by atoms with Crippen molar-refractivity contribution in [2.75, 3.05) is 18.0 Å². The summed E-state index contributed by atoms with van der Waals surface area (Å²) in [5, 5.41) is 8.10. The number of hydrogen-bond acceptors (Lipinski definition) is 4. The molecular formula is C14H17N3O. The molecule has 1 aliphatic heterocycles. The zero-order valence-corrected chi connectivity index (χ0v) is 10.6. The van der Waals surface area contributed by atoms with Crippen molar-refractivity contribution in [3.63, 3.8) is 0 Å². The van der Waals surface area contributed by atoms with Gasteiger partial charge in [0.1, 0.15) is 0 Å². The maximum absolute atomic E-state index is 5.60. The van der Waals surface area contributed by atoms with Gasteiger partial charge in [-0.1, -0.05) is 13.0 Å². The molecule has 1 fully saturated rings. The average Bonchev–Trinajstić information content (AvgIpc) is 3.10. The van der Waals surface area contributed by atoms with E-state index in [0.29, 0.717) is 11.8 Å². The third kappa shape index (κ3) is 2.10. The van der Waals surface area contributed by atoms with E-state index in [2.05, 4.69) is 33.3 Å². The van der Waals surface area contributed by atoms with Gasteiger partial charge in [0.05, 0.1) is 0 Å². The Balaban J connectivity index is 1.90. The highest BCUT2D eigenvalue weighted by Crippen LogP contribution is 2.26. The second-order valence-corrected chi connectivity index (χ2v) is 4.60. The molecule has 2 heterocycles. The fourth-order valence-corrected chi connectivity index (χ4v) is 2.32. The van der Waals surface area contributed by atoms with Crippen LogP contribution in [0.25, 0.3) is 11.5 Å². The van der Waals surface area contributed by atoms with E-state index >= 15 is 0 Å². The monoisotopic (exact) mass is 243 g/mol. The number of rotatable bonds is 3. The second-order valence-electron chi connectivity index (χ2n) is 4.60. The summed E-state index contributed by atoms with van der Waals surface area (Å²) in [6.45, 7) is 4.30. The molecule has 0 saturated carbocycles. The molecule has 0 radical (unpaired) electrons. The third-order valence-corrected chi connectivity index (χ3v) is 3.33. The largest absolute Gasteiger partial charge is 0.421 e. The molecule has 0 bridgehead atoms. The molecule has 0 amide bonds. The van der Waals surface area contributed by atoms with Crippen LogP contribution < -0.4 is 4.90 Å². The first kappa shape index (κ1) is 11.3. The first-order valence-electron chi connectivity index (χ1n) is 6.54. The lowest BCUT2D eigenvalue weighted by atomic mass is 10.2. The Morgan fingerprint density at radius 1 is 1.22 bits per heavy atom. The molecule has 1 aromatic carbocycles. The van der Waals surface area contributed by atoms with Crippen molar-refractivity contribution in [1.29, 1.82) is 0 Å². The van der Waals surface area contributed by atoms with Gasteiger partial charge >= 0.3 is 0 Å². The quantitative estimate of drug-likeness (QED) is 0.831. The summed E-state index contributed by atoms with van der Waals surface area (Å²) in [4.78, 5) is 2.40. The van der Waals surface area contributed by atoms with Crippen LogP contribution in [-0.4, -0.2) is 23.3 Å². The Kier molecular flexibility index (Phi) is 3.00. The molecule has 1 aliphatic rings. The van der Waals surface area contributed by atoms with Crippen molar-refractivity contribution in [3.05, 3.63) is 30.2 Å². The minimum atomic E-state index is 0.618. The van der Waals surface area contributed by atoms with Crippen LogP contribution in [0.5, 0.6) is 0 Å². The molecule has 2 aromatic rings. The molecule has 4 heteroatoms. The molecule has 1 aromatic heterocycles. The van der Waals surface area contributed by atoms with Gasteiger partial charge in [-0.2, -0.15) is 0 Å². The minimum Gasteiger partial charge on any atom is -0.421 e. The summed E-state index contributed by atoms with van der Waals surface area (Å²) in [5.74, 6) is 1.31. The second kappa shape index (κ2) is 4.80. The molecule has 0 N–H and O–H groups in total. The lowest BCUT2D eigenvalue weighted by Gasteiger charge is -2.17. The van der Waals surface area contributed by atoms with E-state index in [1.54, 1.807) is 0 Å². The number of benzene rings is 1. The fourth-order valence-electron chi connectivity index (χ4n) is 2.32. The van der Waals surface area contributed by atoms with Gasteiger partial charge in [-0.3, -0.25) is 0 Å². The number of aromatic nitrogens is 2. The highest BCUT2D eigenvalue weighted by atomic mass is 16.4. The Labute approximate surface area is 107 Å². The number of nitrogens with zero attached hydrogens (tertiary/aromatic N) is 3. The van der Waals surface area contributed by atoms with Crippen molar-refractivity contribution in [2.45, 2.75) is 26.2 Å². The van der Waals surface area contributed by atoms with E-state index < -0.39 is 0 Å². The van der Waals surface area contributed by atoms with Crippen molar-refractivity contribution in [1.82, 2.24) is 10.2 Å². The van der Waals surface area contributed by atoms with Gasteiger partial charge in [-0.25, -0.2) is 0 Å². The predicted molar refractivity (Wildman–Crippen MR) is 70.6 cm³/mol. The van der Waals surface area contributed by atoms with Crippen LogP contribution in [0, 0.1) is 0 Å². The lowest BCUT2D eigenvalue weighted by molar-refractivity contribution is 0.513. The Morgan fingerprint density at radius 2 is 2.06 bits per heavy atom. The lowest BCUT2D eigenvalue weighted by Crippen LogP contribution is -2.17. The topological polar surface area (TPSA) is 42.2 Å². The van der Waals surface area contributed by atoms with Crippen molar-refractivity contribution >= 4 is 5.69 Å². The van der Waals surface area contributed by atoms with Gasteiger partial charge in [0.2, 0.25) is 11.8 Å². The first-order valence-corrected chi connectivity index (χ1v) is 6.54. The van der Waals surface area contributed by atoms with Gasteiger partial charge in [0.25, 0.3) is 0 Å². The fraction of sp³-hybridized carbons (Fsp3) is 0.429. The summed E-state index contributed by atoms with van der Waals surface area (Å²) in [7, 11) is 0. The maximum atomic E-state index is 5.60. The predicted octanol–water partition coefficient (Wildman–Crippen LogP) is 2.90. The van der Waals surface area contributed by atoms with Crippen LogP contribution in [0.15, 0.2) is 28.7 Å². The molecular weight excluding hydrogens is 226 g/mol. The van der Waals surface area contributed by atoms with Crippen LogP contribution in [0.1, 0.15) is 25.7 Å². The van der Waals surface area contributed by atoms with Crippen LogP contribution >= 0.6 is 0 Å². The molecule has 1 saturated heterocycles. The van der Waals surface area contributed by atoms with Crippen LogP contribution in [-0.2, 0) is 6.42 Å². The van der Waals surface area contributed by atoms with Crippen molar-refractivity contribution in [2.24, 2.45) is 0 Å². The van der Waals surface area contributed by atoms with Gasteiger partial charge in [-0.15, -0.1) is 10.2 Å². The van der Waals surface area contributed by atoms with Crippen LogP contribution in [0.4, 0.5) is 5.69 Å². The van der Waals surface area contributed by atoms with E-state index in [-0.39, 0.29) is 0 Å². The smallest absolute Gasteiger partial charge is 0.247 e. The zero-order valence-electron chi connectivity index (χ0n) is 10.6. The van der Waals surface area contributed by atoms with Gasteiger partial charge in [0, 0.05) is 30.8 Å². The highest BCUT2D eigenvalue weighted by Gasteiger charge is 2.14. The molecule has 0 unspecified atom stereocenters. The summed E-state index contributed by atoms with van der Waals surface area (Å²) in [6.07, 6.45) is 3.34. The van der Waals surface area contributed by atoms with Crippen LogP contribution in [0.2, 0.25) is 0 Å². The molecule has 18 heavy (non-hydrogen) atoms. The van der Waals surface area contributed by atoms with Crippen molar-refractivity contribution in [3.8, 4) is 11.5 Å². The summed E-state index contributed by atoms with van der Waals surface area (Å²) in [5.41, 5.74) is 2.26. The Hall–Kier alpha value is -1.84. The number of anilines is 1. The SMILES string of the molecule is CCc1nnc(-c2cccc(N3CCCC3)c2)o1. The number of aryl methyl sites for hydroxylation is 1. The van der Waals surface area contributed by atoms with E-state index in [1.807, 2.05) is 13.0 Å². The first-order chi connectivity index (χ1) is 8.86. The molecule has 0 atom stereocenters. The summed E-state index contributed by atoms with van der Waals surface area (Å²) in [6, 6.07) is 8.36. The molecule has 3 rings (SSSR count). The highest BCUT2D eigenvalue weighted by molar-refractivity contribution is 5.62. The third-order valence-electron chi connectivity index (χ3n) is 3.33. The molecule has 0 spiro atoms. The van der Waals surface area contributed by atoms with Gasteiger partial charge in [-0.05, 0) is 31.0 Å². The molecule has 0 aliphatic carbocycles. The van der Waals surface area contributed by atoms with E-state index in [1.165, 1.54) is 18.5 Å². The summed E-state index contributed by atoms with van der Waals surface area (Å²) < 4.78 is 5.60. The van der Waals surface area contributed by atoms with E-state index in [9.17, 15) is 0 Å². The Bertz CT molecular complexity index is 529. The van der Waals surface area contributed by atoms with Crippen LogP contribution in [0.3, 0.4) is 0 Å². The molecule has 4 nitrogen and oxygen atoms in total. The van der Waals surface area contributed by atoms with E-state index in [4.69, 9.17) is 4.42 Å². The molecule has 94 valence electrons. The average molecular weight is 243 g/mol. The van der Waals surface area contributed by atoms with Gasteiger partial charge < -0.3 is 9.32 Å².